The number of halogens is 1. The average Bonchev–Trinajstić information content (AvgIpc) is 3.25. The third-order valence-corrected chi connectivity index (χ3v) is 5.25. The van der Waals surface area contributed by atoms with Gasteiger partial charge in [-0.3, -0.25) is 4.72 Å². The smallest absolute Gasteiger partial charge is 0.262 e. The van der Waals surface area contributed by atoms with Crippen molar-refractivity contribution in [3.63, 3.8) is 0 Å². The number of hydrogen-bond donors (Lipinski definition) is 2. The quantitative estimate of drug-likeness (QED) is 0.567. The Labute approximate surface area is 147 Å². The Morgan fingerprint density at radius 1 is 1.12 bits per heavy atom. The van der Waals surface area contributed by atoms with Gasteiger partial charge in [-0.05, 0) is 30.3 Å². The van der Waals surface area contributed by atoms with Gasteiger partial charge in [-0.1, -0.05) is 28.9 Å². The Balaban J connectivity index is 1.72. The van der Waals surface area contributed by atoms with E-state index < -0.39 is 10.0 Å². The third kappa shape index (κ3) is 2.97. The van der Waals surface area contributed by atoms with Gasteiger partial charge in [-0.15, -0.1) is 0 Å². The van der Waals surface area contributed by atoms with Gasteiger partial charge in [-0.2, -0.15) is 0 Å². The molecule has 9 heteroatoms. The number of sulfonamides is 1. The predicted molar refractivity (Wildman–Crippen MR) is 93.9 cm³/mol. The maximum atomic E-state index is 12.6. The Morgan fingerprint density at radius 2 is 1.96 bits per heavy atom. The SMILES string of the molecule is O=S(=O)(Nc1ccccc1Cl)c1ccc2[nH]c(-c3ccno3)nc2c1. The second kappa shape index (κ2) is 5.91. The molecule has 2 heterocycles. The first kappa shape index (κ1) is 15.7. The first-order valence-corrected chi connectivity index (χ1v) is 9.07. The van der Waals surface area contributed by atoms with Gasteiger partial charge >= 0.3 is 0 Å². The van der Waals surface area contributed by atoms with Crippen LogP contribution in [0.3, 0.4) is 0 Å². The first-order valence-electron chi connectivity index (χ1n) is 7.21. The fraction of sp³-hybridized carbons (Fsp3) is 0. The molecule has 0 spiro atoms. The van der Waals surface area contributed by atoms with Gasteiger partial charge in [0.05, 0.1) is 32.8 Å². The largest absolute Gasteiger partial charge is 0.353 e. The summed E-state index contributed by atoms with van der Waals surface area (Å²) in [5.41, 5.74) is 1.49. The fourth-order valence-electron chi connectivity index (χ4n) is 2.36. The molecule has 0 atom stereocenters. The molecule has 0 fully saturated rings. The molecule has 4 aromatic rings. The van der Waals surface area contributed by atoms with Gasteiger partial charge in [0.1, 0.15) is 0 Å². The molecule has 0 unspecified atom stereocenters. The second-order valence-corrected chi connectivity index (χ2v) is 7.32. The number of benzene rings is 2. The monoisotopic (exact) mass is 374 g/mol. The zero-order valence-corrected chi connectivity index (χ0v) is 14.2. The Morgan fingerprint density at radius 3 is 2.72 bits per heavy atom. The summed E-state index contributed by atoms with van der Waals surface area (Å²) >= 11 is 6.01. The summed E-state index contributed by atoms with van der Waals surface area (Å²) < 4.78 is 32.7. The van der Waals surface area contributed by atoms with E-state index in [2.05, 4.69) is 19.8 Å². The third-order valence-electron chi connectivity index (χ3n) is 3.55. The highest BCUT2D eigenvalue weighted by atomic mass is 35.5. The Kier molecular flexibility index (Phi) is 3.70. The molecule has 0 radical (unpaired) electrons. The minimum absolute atomic E-state index is 0.0792. The van der Waals surface area contributed by atoms with Crippen LogP contribution in [0.5, 0.6) is 0 Å². The lowest BCUT2D eigenvalue weighted by atomic mass is 10.3. The zero-order chi connectivity index (χ0) is 17.4. The van der Waals surface area contributed by atoms with E-state index in [9.17, 15) is 8.42 Å². The van der Waals surface area contributed by atoms with Gasteiger partial charge in [0.15, 0.2) is 5.82 Å². The van der Waals surface area contributed by atoms with E-state index in [0.29, 0.717) is 33.3 Å². The molecule has 0 amide bonds. The Hall–Kier alpha value is -2.84. The summed E-state index contributed by atoms with van der Waals surface area (Å²) in [6.45, 7) is 0. The number of fused-ring (bicyclic) bond motifs is 1. The molecule has 2 aromatic heterocycles. The number of aromatic nitrogens is 3. The molecule has 7 nitrogen and oxygen atoms in total. The number of para-hydroxylation sites is 1. The fourth-order valence-corrected chi connectivity index (χ4v) is 3.69. The van der Waals surface area contributed by atoms with Crippen molar-refractivity contribution in [3.8, 4) is 11.6 Å². The number of aromatic amines is 1. The molecule has 0 saturated carbocycles. The van der Waals surface area contributed by atoms with E-state index in [1.54, 1.807) is 36.4 Å². The van der Waals surface area contributed by atoms with Crippen LogP contribution in [0, 0.1) is 0 Å². The highest BCUT2D eigenvalue weighted by Crippen LogP contribution is 2.26. The maximum absolute atomic E-state index is 12.6. The lowest BCUT2D eigenvalue weighted by Gasteiger charge is -2.09. The van der Waals surface area contributed by atoms with Crippen LogP contribution in [0.25, 0.3) is 22.6 Å². The molecule has 0 saturated heterocycles. The van der Waals surface area contributed by atoms with Crippen LogP contribution in [0.15, 0.2) is 64.1 Å². The standard InChI is InChI=1S/C16H11ClN4O3S/c17-11-3-1-2-4-12(11)21-25(22,23)10-5-6-13-14(9-10)20-16(19-13)15-7-8-18-24-15/h1-9,21H,(H,19,20). The van der Waals surface area contributed by atoms with E-state index in [0.717, 1.165) is 0 Å². The summed E-state index contributed by atoms with van der Waals surface area (Å²) in [6.07, 6.45) is 1.51. The number of hydrogen-bond acceptors (Lipinski definition) is 5. The number of rotatable bonds is 4. The van der Waals surface area contributed by atoms with Crippen molar-refractivity contribution in [2.75, 3.05) is 4.72 Å². The van der Waals surface area contributed by atoms with Crippen LogP contribution in [-0.4, -0.2) is 23.5 Å². The molecule has 0 aliphatic carbocycles. The van der Waals surface area contributed by atoms with Gasteiger partial charge in [0.25, 0.3) is 10.0 Å². The van der Waals surface area contributed by atoms with Crippen molar-refractivity contribution < 1.29 is 12.9 Å². The Bertz CT molecular complexity index is 1150. The summed E-state index contributed by atoms with van der Waals surface area (Å²) in [4.78, 5) is 7.48. The van der Waals surface area contributed by atoms with E-state index >= 15 is 0 Å². The minimum Gasteiger partial charge on any atom is -0.353 e. The van der Waals surface area contributed by atoms with Gasteiger partial charge < -0.3 is 9.51 Å². The van der Waals surface area contributed by atoms with Crippen LogP contribution in [0.4, 0.5) is 5.69 Å². The molecule has 126 valence electrons. The number of imidazole rings is 1. The first-order chi connectivity index (χ1) is 12.0. The van der Waals surface area contributed by atoms with Crippen LogP contribution in [0.1, 0.15) is 0 Å². The highest BCUT2D eigenvalue weighted by Gasteiger charge is 2.17. The average molecular weight is 375 g/mol. The van der Waals surface area contributed by atoms with Crippen molar-refractivity contribution in [2.45, 2.75) is 4.90 Å². The number of nitrogens with zero attached hydrogens (tertiary/aromatic N) is 2. The van der Waals surface area contributed by atoms with E-state index in [1.165, 1.54) is 18.3 Å². The lowest BCUT2D eigenvalue weighted by Crippen LogP contribution is -2.13. The van der Waals surface area contributed by atoms with Crippen molar-refractivity contribution in [1.82, 2.24) is 15.1 Å². The summed E-state index contributed by atoms with van der Waals surface area (Å²) in [5, 5.41) is 3.95. The van der Waals surface area contributed by atoms with Crippen molar-refractivity contribution >= 4 is 38.3 Å². The van der Waals surface area contributed by atoms with Crippen molar-refractivity contribution in [2.24, 2.45) is 0 Å². The number of nitrogens with one attached hydrogen (secondary N) is 2. The van der Waals surface area contributed by atoms with Crippen LogP contribution < -0.4 is 4.72 Å². The molecule has 25 heavy (non-hydrogen) atoms. The van der Waals surface area contributed by atoms with Gasteiger partial charge in [-0.25, -0.2) is 13.4 Å². The van der Waals surface area contributed by atoms with Gasteiger partial charge in [0.2, 0.25) is 5.76 Å². The molecular weight excluding hydrogens is 364 g/mol. The molecular formula is C16H11ClN4O3S. The lowest BCUT2D eigenvalue weighted by molar-refractivity contribution is 0.430. The minimum atomic E-state index is -3.80. The maximum Gasteiger partial charge on any atom is 0.262 e. The highest BCUT2D eigenvalue weighted by molar-refractivity contribution is 7.92. The van der Waals surface area contributed by atoms with Crippen molar-refractivity contribution in [3.05, 3.63) is 59.8 Å². The van der Waals surface area contributed by atoms with Crippen LogP contribution in [0.2, 0.25) is 5.02 Å². The summed E-state index contributed by atoms with van der Waals surface area (Å²) in [6, 6.07) is 12.9. The molecule has 2 N–H and O–H groups in total. The summed E-state index contributed by atoms with van der Waals surface area (Å²) in [5.74, 6) is 0.941. The van der Waals surface area contributed by atoms with Gasteiger partial charge in [0, 0.05) is 6.07 Å². The molecule has 0 aliphatic heterocycles. The molecule has 2 aromatic carbocycles. The van der Waals surface area contributed by atoms with E-state index in [-0.39, 0.29) is 4.90 Å². The van der Waals surface area contributed by atoms with Crippen molar-refractivity contribution in [1.29, 1.82) is 0 Å². The van der Waals surface area contributed by atoms with Crippen LogP contribution in [-0.2, 0) is 10.0 Å². The molecule has 0 bridgehead atoms. The zero-order valence-electron chi connectivity index (χ0n) is 12.6. The topological polar surface area (TPSA) is 101 Å². The normalized spacial score (nSPS) is 11.7. The number of anilines is 1. The predicted octanol–water partition coefficient (Wildman–Crippen LogP) is 3.67. The second-order valence-electron chi connectivity index (χ2n) is 5.23. The van der Waals surface area contributed by atoms with E-state index in [4.69, 9.17) is 16.1 Å². The van der Waals surface area contributed by atoms with Crippen LogP contribution >= 0.6 is 11.6 Å². The molecule has 4 rings (SSSR count). The summed E-state index contributed by atoms with van der Waals surface area (Å²) in [7, 11) is -3.80. The molecule has 0 aliphatic rings. The van der Waals surface area contributed by atoms with E-state index in [1.807, 2.05) is 0 Å². The number of H-pyrrole nitrogens is 1.